The molecule has 0 atom stereocenters. The largest absolute Gasteiger partial charge is 0.485 e. The maximum atomic E-state index is 6.16. The van der Waals surface area contributed by atoms with Gasteiger partial charge in [-0.15, -0.1) is 0 Å². The second kappa shape index (κ2) is 8.76. The van der Waals surface area contributed by atoms with Gasteiger partial charge in [0, 0.05) is 26.2 Å². The molecular formula is C23H29N3O2. The Morgan fingerprint density at radius 3 is 2.68 bits per heavy atom. The van der Waals surface area contributed by atoms with Crippen molar-refractivity contribution in [2.24, 2.45) is 0 Å². The number of nitrogens with zero attached hydrogens (tertiary/aromatic N) is 3. The van der Waals surface area contributed by atoms with Crippen molar-refractivity contribution in [2.75, 3.05) is 32.8 Å². The molecular weight excluding hydrogens is 350 g/mol. The van der Waals surface area contributed by atoms with Gasteiger partial charge in [-0.1, -0.05) is 24.3 Å². The van der Waals surface area contributed by atoms with Crippen molar-refractivity contribution in [1.29, 1.82) is 0 Å². The molecule has 2 heterocycles. The molecule has 1 aliphatic heterocycles. The Morgan fingerprint density at radius 1 is 1.00 bits per heavy atom. The lowest BCUT2D eigenvalue weighted by molar-refractivity contribution is 0.0369. The molecule has 0 saturated carbocycles. The van der Waals surface area contributed by atoms with Crippen molar-refractivity contribution in [2.45, 2.75) is 33.4 Å². The maximum absolute atomic E-state index is 6.16. The average molecular weight is 380 g/mol. The minimum absolute atomic E-state index is 0.483. The molecule has 0 radical (unpaired) electrons. The van der Waals surface area contributed by atoms with Crippen molar-refractivity contribution < 1.29 is 9.47 Å². The summed E-state index contributed by atoms with van der Waals surface area (Å²) in [6, 6.07) is 14.5. The Morgan fingerprint density at radius 2 is 1.82 bits per heavy atom. The fraction of sp³-hybridized carbons (Fsp3) is 0.435. The van der Waals surface area contributed by atoms with E-state index in [1.54, 1.807) is 0 Å². The Bertz CT molecular complexity index is 929. The number of hydrogen-bond acceptors (Lipinski definition) is 4. The maximum Gasteiger partial charge on any atom is 0.147 e. The fourth-order valence-electron chi connectivity index (χ4n) is 3.79. The Hall–Kier alpha value is -2.37. The Balaban J connectivity index is 1.48. The molecule has 0 bridgehead atoms. The molecule has 0 aliphatic carbocycles. The predicted molar refractivity (Wildman–Crippen MR) is 112 cm³/mol. The van der Waals surface area contributed by atoms with Gasteiger partial charge in [-0.3, -0.25) is 4.90 Å². The summed E-state index contributed by atoms with van der Waals surface area (Å²) in [6.45, 7) is 10.5. The van der Waals surface area contributed by atoms with Gasteiger partial charge in [0.1, 0.15) is 18.2 Å². The first-order chi connectivity index (χ1) is 13.7. The molecule has 5 heteroatoms. The van der Waals surface area contributed by atoms with Crippen LogP contribution < -0.4 is 4.74 Å². The summed E-state index contributed by atoms with van der Waals surface area (Å²) in [5.74, 6) is 1.93. The van der Waals surface area contributed by atoms with Gasteiger partial charge in [0.25, 0.3) is 0 Å². The van der Waals surface area contributed by atoms with E-state index in [-0.39, 0.29) is 0 Å². The third-order valence-electron chi connectivity index (χ3n) is 5.61. The van der Waals surface area contributed by atoms with Crippen molar-refractivity contribution in [3.63, 3.8) is 0 Å². The van der Waals surface area contributed by atoms with Gasteiger partial charge in [0.15, 0.2) is 0 Å². The molecule has 1 fully saturated rings. The van der Waals surface area contributed by atoms with Gasteiger partial charge < -0.3 is 14.0 Å². The highest BCUT2D eigenvalue weighted by Gasteiger charge is 2.14. The van der Waals surface area contributed by atoms with E-state index in [9.17, 15) is 0 Å². The Kier molecular flexibility index (Phi) is 5.93. The zero-order valence-electron chi connectivity index (χ0n) is 16.9. The highest BCUT2D eigenvalue weighted by molar-refractivity contribution is 5.75. The topological polar surface area (TPSA) is 39.5 Å². The molecule has 0 unspecified atom stereocenters. The number of rotatable bonds is 7. The van der Waals surface area contributed by atoms with E-state index in [0.717, 1.165) is 62.9 Å². The van der Waals surface area contributed by atoms with Gasteiger partial charge in [-0.2, -0.15) is 0 Å². The second-order valence-corrected chi connectivity index (χ2v) is 7.46. The van der Waals surface area contributed by atoms with E-state index in [1.165, 1.54) is 16.6 Å². The molecule has 0 N–H and O–H groups in total. The van der Waals surface area contributed by atoms with Crippen LogP contribution in [0.4, 0.5) is 0 Å². The summed E-state index contributed by atoms with van der Waals surface area (Å²) in [5.41, 5.74) is 4.66. The van der Waals surface area contributed by atoms with Crippen LogP contribution in [-0.2, 0) is 17.9 Å². The van der Waals surface area contributed by atoms with Crippen LogP contribution in [0, 0.1) is 13.8 Å². The number of benzene rings is 2. The zero-order chi connectivity index (χ0) is 19.3. The van der Waals surface area contributed by atoms with Gasteiger partial charge in [-0.25, -0.2) is 4.98 Å². The molecule has 3 aromatic rings. The van der Waals surface area contributed by atoms with Crippen molar-refractivity contribution in [3.8, 4) is 5.75 Å². The van der Waals surface area contributed by atoms with Gasteiger partial charge in [0.2, 0.25) is 0 Å². The van der Waals surface area contributed by atoms with Crippen LogP contribution in [0.2, 0.25) is 0 Å². The summed E-state index contributed by atoms with van der Waals surface area (Å²) in [5, 5.41) is 0. The molecule has 148 valence electrons. The van der Waals surface area contributed by atoms with E-state index in [0.29, 0.717) is 6.61 Å². The highest BCUT2D eigenvalue weighted by atomic mass is 16.5. The van der Waals surface area contributed by atoms with Gasteiger partial charge >= 0.3 is 0 Å². The standard InChI is InChI=1S/C23H29N3O2/c1-18-7-5-10-22(19(18)2)28-17-23-24-20-8-3-4-9-21(20)26(23)12-6-11-25-13-15-27-16-14-25/h3-5,7-10H,6,11-17H2,1-2H3. The van der Waals surface area contributed by atoms with Crippen LogP contribution in [0.15, 0.2) is 42.5 Å². The van der Waals surface area contributed by atoms with Crippen molar-refractivity contribution in [1.82, 2.24) is 14.5 Å². The minimum Gasteiger partial charge on any atom is -0.485 e. The predicted octanol–water partition coefficient (Wildman–Crippen LogP) is 3.95. The van der Waals surface area contributed by atoms with Crippen LogP contribution >= 0.6 is 0 Å². The first kappa shape index (κ1) is 19.0. The van der Waals surface area contributed by atoms with Crippen LogP contribution in [0.25, 0.3) is 11.0 Å². The first-order valence-electron chi connectivity index (χ1n) is 10.2. The lowest BCUT2D eigenvalue weighted by Gasteiger charge is -2.26. The number of morpholine rings is 1. The summed E-state index contributed by atoms with van der Waals surface area (Å²) < 4.78 is 13.9. The fourth-order valence-corrected chi connectivity index (χ4v) is 3.79. The van der Waals surface area contributed by atoms with E-state index in [2.05, 4.69) is 47.6 Å². The summed E-state index contributed by atoms with van der Waals surface area (Å²) in [6.07, 6.45) is 1.09. The molecule has 4 rings (SSSR count). The summed E-state index contributed by atoms with van der Waals surface area (Å²) in [4.78, 5) is 7.33. The summed E-state index contributed by atoms with van der Waals surface area (Å²) in [7, 11) is 0. The monoisotopic (exact) mass is 379 g/mol. The molecule has 1 aromatic heterocycles. The van der Waals surface area contributed by atoms with Gasteiger partial charge in [-0.05, 0) is 49.6 Å². The number of aromatic nitrogens is 2. The third kappa shape index (κ3) is 4.21. The number of imidazole rings is 1. The van der Waals surface area contributed by atoms with Crippen LogP contribution in [0.3, 0.4) is 0 Å². The van der Waals surface area contributed by atoms with Crippen LogP contribution in [0.1, 0.15) is 23.4 Å². The molecule has 1 saturated heterocycles. The second-order valence-electron chi connectivity index (χ2n) is 7.46. The number of hydrogen-bond donors (Lipinski definition) is 0. The first-order valence-corrected chi connectivity index (χ1v) is 10.2. The molecule has 2 aromatic carbocycles. The molecule has 0 spiro atoms. The highest BCUT2D eigenvalue weighted by Crippen LogP contribution is 2.23. The lowest BCUT2D eigenvalue weighted by Crippen LogP contribution is -2.37. The molecule has 1 aliphatic rings. The van der Waals surface area contributed by atoms with E-state index < -0.39 is 0 Å². The van der Waals surface area contributed by atoms with Crippen LogP contribution in [-0.4, -0.2) is 47.3 Å². The molecule has 5 nitrogen and oxygen atoms in total. The third-order valence-corrected chi connectivity index (χ3v) is 5.61. The minimum atomic E-state index is 0.483. The van der Waals surface area contributed by atoms with E-state index >= 15 is 0 Å². The van der Waals surface area contributed by atoms with Crippen LogP contribution in [0.5, 0.6) is 5.75 Å². The normalized spacial score (nSPS) is 15.2. The zero-order valence-corrected chi connectivity index (χ0v) is 16.9. The van der Waals surface area contributed by atoms with Crippen molar-refractivity contribution in [3.05, 3.63) is 59.4 Å². The van der Waals surface area contributed by atoms with E-state index in [1.807, 2.05) is 18.2 Å². The van der Waals surface area contributed by atoms with Gasteiger partial charge in [0.05, 0.1) is 24.2 Å². The SMILES string of the molecule is Cc1cccc(OCc2nc3ccccc3n2CCCN2CCOCC2)c1C. The van der Waals surface area contributed by atoms with Crippen molar-refractivity contribution >= 4 is 11.0 Å². The van der Waals surface area contributed by atoms with E-state index in [4.69, 9.17) is 14.5 Å². The number of ether oxygens (including phenoxy) is 2. The smallest absolute Gasteiger partial charge is 0.147 e. The number of fused-ring (bicyclic) bond motifs is 1. The Labute approximate surface area is 166 Å². The quantitative estimate of drug-likeness (QED) is 0.623. The summed E-state index contributed by atoms with van der Waals surface area (Å²) >= 11 is 0. The lowest BCUT2D eigenvalue weighted by atomic mass is 10.1. The average Bonchev–Trinajstić information content (AvgIpc) is 3.08. The molecule has 28 heavy (non-hydrogen) atoms. The number of aryl methyl sites for hydroxylation is 2. The number of para-hydroxylation sites is 2. The molecule has 0 amide bonds.